The number of likely N-dealkylation sites (tertiary alicyclic amines) is 1. The lowest BCUT2D eigenvalue weighted by Crippen LogP contribution is -2.40. The van der Waals surface area contributed by atoms with Gasteiger partial charge in [-0.25, -0.2) is 0 Å². The maximum atomic E-state index is 5.55. The van der Waals surface area contributed by atoms with Crippen molar-refractivity contribution in [3.05, 3.63) is 0 Å². The molecule has 1 aliphatic heterocycles. The summed E-state index contributed by atoms with van der Waals surface area (Å²) in [6.45, 7) is 11.9. The number of nitrogens with zero attached hydrogens (tertiary/aromatic N) is 1. The summed E-state index contributed by atoms with van der Waals surface area (Å²) in [5, 5.41) is 0. The Labute approximate surface area is 102 Å². The molecule has 1 unspecified atom stereocenters. The monoisotopic (exact) mass is 226 g/mol. The van der Waals surface area contributed by atoms with E-state index in [4.69, 9.17) is 5.73 Å². The molecule has 1 aliphatic rings. The molecule has 1 atom stereocenters. The molecule has 2 heteroatoms. The van der Waals surface area contributed by atoms with Crippen LogP contribution in [0.3, 0.4) is 0 Å². The number of hydrogen-bond donors (Lipinski definition) is 1. The molecule has 1 heterocycles. The third-order valence-corrected chi connectivity index (χ3v) is 4.39. The number of piperidine rings is 1. The lowest BCUT2D eigenvalue weighted by atomic mass is 9.78. The Bertz CT molecular complexity index is 183. The Balaban J connectivity index is 2.21. The second kappa shape index (κ2) is 6.61. The summed E-state index contributed by atoms with van der Waals surface area (Å²) in [4.78, 5) is 2.65. The highest BCUT2D eigenvalue weighted by molar-refractivity contribution is 4.81. The first-order chi connectivity index (χ1) is 7.59. The van der Waals surface area contributed by atoms with Gasteiger partial charge >= 0.3 is 0 Å². The van der Waals surface area contributed by atoms with E-state index in [1.165, 1.54) is 51.7 Å². The summed E-state index contributed by atoms with van der Waals surface area (Å²) in [5.41, 5.74) is 6.17. The Morgan fingerprint density at radius 1 is 1.31 bits per heavy atom. The lowest BCUT2D eigenvalue weighted by molar-refractivity contribution is 0.102. The SMILES string of the molecule is CCC1(C)CCN(CC(C)CCCN)CC1. The van der Waals surface area contributed by atoms with Gasteiger partial charge in [-0.2, -0.15) is 0 Å². The van der Waals surface area contributed by atoms with Crippen LogP contribution in [0.1, 0.15) is 52.9 Å². The predicted octanol–water partition coefficient (Wildman–Crippen LogP) is 2.87. The Hall–Kier alpha value is -0.0800. The van der Waals surface area contributed by atoms with E-state index in [1.807, 2.05) is 0 Å². The van der Waals surface area contributed by atoms with E-state index in [9.17, 15) is 0 Å². The molecule has 0 bridgehead atoms. The van der Waals surface area contributed by atoms with Crippen LogP contribution in [0.2, 0.25) is 0 Å². The molecule has 0 amide bonds. The van der Waals surface area contributed by atoms with Gasteiger partial charge in [0.15, 0.2) is 0 Å². The minimum Gasteiger partial charge on any atom is -0.330 e. The van der Waals surface area contributed by atoms with E-state index in [1.54, 1.807) is 0 Å². The van der Waals surface area contributed by atoms with Crippen molar-refractivity contribution >= 4 is 0 Å². The predicted molar refractivity (Wildman–Crippen MR) is 71.5 cm³/mol. The van der Waals surface area contributed by atoms with Crippen LogP contribution >= 0.6 is 0 Å². The zero-order valence-corrected chi connectivity index (χ0v) is 11.5. The molecule has 0 aliphatic carbocycles. The largest absolute Gasteiger partial charge is 0.330 e. The Morgan fingerprint density at radius 3 is 2.44 bits per heavy atom. The second-order valence-electron chi connectivity index (χ2n) is 6.00. The van der Waals surface area contributed by atoms with Gasteiger partial charge in [0.05, 0.1) is 0 Å². The number of hydrogen-bond acceptors (Lipinski definition) is 2. The minimum atomic E-state index is 0.622. The molecular weight excluding hydrogens is 196 g/mol. The molecule has 2 nitrogen and oxygen atoms in total. The van der Waals surface area contributed by atoms with E-state index >= 15 is 0 Å². The number of rotatable bonds is 6. The lowest BCUT2D eigenvalue weighted by Gasteiger charge is -2.39. The summed E-state index contributed by atoms with van der Waals surface area (Å²) in [6.07, 6.45) is 6.57. The average Bonchev–Trinajstić information content (AvgIpc) is 2.30. The molecule has 16 heavy (non-hydrogen) atoms. The highest BCUT2D eigenvalue weighted by Gasteiger charge is 2.28. The highest BCUT2D eigenvalue weighted by Crippen LogP contribution is 2.34. The normalized spacial score (nSPS) is 23.2. The van der Waals surface area contributed by atoms with Gasteiger partial charge in [0.2, 0.25) is 0 Å². The molecule has 0 aromatic rings. The van der Waals surface area contributed by atoms with Crippen molar-refractivity contribution < 1.29 is 0 Å². The molecule has 1 fully saturated rings. The first-order valence-corrected chi connectivity index (χ1v) is 7.02. The van der Waals surface area contributed by atoms with Gasteiger partial charge in [0, 0.05) is 6.54 Å². The third kappa shape index (κ3) is 4.42. The van der Waals surface area contributed by atoms with Crippen molar-refractivity contribution in [2.24, 2.45) is 17.1 Å². The fourth-order valence-corrected chi connectivity index (χ4v) is 2.63. The van der Waals surface area contributed by atoms with Crippen molar-refractivity contribution in [1.82, 2.24) is 4.90 Å². The molecule has 0 radical (unpaired) electrons. The van der Waals surface area contributed by atoms with E-state index in [0.29, 0.717) is 5.41 Å². The van der Waals surface area contributed by atoms with E-state index in [-0.39, 0.29) is 0 Å². The first-order valence-electron chi connectivity index (χ1n) is 7.02. The minimum absolute atomic E-state index is 0.622. The standard InChI is InChI=1S/C14H30N2/c1-4-14(3)7-10-16(11-8-14)12-13(2)6-5-9-15/h13H,4-12,15H2,1-3H3. The van der Waals surface area contributed by atoms with Gasteiger partial charge in [-0.1, -0.05) is 27.2 Å². The van der Waals surface area contributed by atoms with Crippen molar-refractivity contribution in [2.45, 2.75) is 52.9 Å². The zero-order valence-electron chi connectivity index (χ0n) is 11.5. The first kappa shape index (κ1) is 14.0. The van der Waals surface area contributed by atoms with Crippen LogP contribution in [-0.2, 0) is 0 Å². The molecule has 0 saturated carbocycles. The molecule has 1 rings (SSSR count). The maximum absolute atomic E-state index is 5.55. The van der Waals surface area contributed by atoms with Crippen LogP contribution in [0.15, 0.2) is 0 Å². The third-order valence-electron chi connectivity index (χ3n) is 4.39. The molecular formula is C14H30N2. The quantitative estimate of drug-likeness (QED) is 0.754. The maximum Gasteiger partial charge on any atom is 0.000703 e. The van der Waals surface area contributed by atoms with Crippen LogP contribution < -0.4 is 5.73 Å². The summed E-state index contributed by atoms with van der Waals surface area (Å²) in [7, 11) is 0. The zero-order chi connectivity index (χ0) is 12.0. The molecule has 1 saturated heterocycles. The van der Waals surface area contributed by atoms with E-state index < -0.39 is 0 Å². The van der Waals surface area contributed by atoms with Crippen molar-refractivity contribution in [2.75, 3.05) is 26.2 Å². The molecule has 2 N–H and O–H groups in total. The highest BCUT2D eigenvalue weighted by atomic mass is 15.1. The summed E-state index contributed by atoms with van der Waals surface area (Å²) < 4.78 is 0. The summed E-state index contributed by atoms with van der Waals surface area (Å²) in [6, 6.07) is 0. The van der Waals surface area contributed by atoms with Crippen molar-refractivity contribution in [3.63, 3.8) is 0 Å². The molecule has 96 valence electrons. The summed E-state index contributed by atoms with van der Waals surface area (Å²) >= 11 is 0. The van der Waals surface area contributed by atoms with Gasteiger partial charge in [-0.15, -0.1) is 0 Å². The Morgan fingerprint density at radius 2 is 1.94 bits per heavy atom. The fraction of sp³-hybridized carbons (Fsp3) is 1.00. The van der Waals surface area contributed by atoms with Crippen molar-refractivity contribution in [3.8, 4) is 0 Å². The van der Waals surface area contributed by atoms with Crippen LogP contribution in [0.25, 0.3) is 0 Å². The van der Waals surface area contributed by atoms with Crippen LogP contribution in [-0.4, -0.2) is 31.1 Å². The molecule has 0 aromatic carbocycles. The summed E-state index contributed by atoms with van der Waals surface area (Å²) in [5.74, 6) is 0.814. The average molecular weight is 226 g/mol. The van der Waals surface area contributed by atoms with Gasteiger partial charge in [-0.3, -0.25) is 0 Å². The number of nitrogens with two attached hydrogens (primary N) is 1. The Kier molecular flexibility index (Phi) is 5.77. The van der Waals surface area contributed by atoms with Crippen LogP contribution in [0, 0.1) is 11.3 Å². The smallest absolute Gasteiger partial charge is 0.000703 e. The molecule has 0 aromatic heterocycles. The van der Waals surface area contributed by atoms with E-state index in [0.717, 1.165) is 12.5 Å². The van der Waals surface area contributed by atoms with E-state index in [2.05, 4.69) is 25.7 Å². The van der Waals surface area contributed by atoms with Gasteiger partial charge in [0.1, 0.15) is 0 Å². The van der Waals surface area contributed by atoms with Crippen molar-refractivity contribution in [1.29, 1.82) is 0 Å². The van der Waals surface area contributed by atoms with Gasteiger partial charge < -0.3 is 10.6 Å². The van der Waals surface area contributed by atoms with Gasteiger partial charge in [-0.05, 0) is 56.7 Å². The topological polar surface area (TPSA) is 29.3 Å². The van der Waals surface area contributed by atoms with Crippen LogP contribution in [0.5, 0.6) is 0 Å². The fourth-order valence-electron chi connectivity index (χ4n) is 2.63. The van der Waals surface area contributed by atoms with Crippen LogP contribution in [0.4, 0.5) is 0 Å². The second-order valence-corrected chi connectivity index (χ2v) is 6.00. The van der Waals surface area contributed by atoms with Gasteiger partial charge in [0.25, 0.3) is 0 Å². The molecule has 0 spiro atoms.